The third kappa shape index (κ3) is 2.44. The summed E-state index contributed by atoms with van der Waals surface area (Å²) in [6, 6.07) is 0. The molecule has 0 amide bonds. The van der Waals surface area contributed by atoms with E-state index in [1.54, 1.807) is 7.11 Å². The second kappa shape index (κ2) is 4.61. The third-order valence-electron chi connectivity index (χ3n) is 2.67. The van der Waals surface area contributed by atoms with Gasteiger partial charge in [-0.05, 0) is 18.8 Å². The van der Waals surface area contributed by atoms with Crippen LogP contribution in [0.15, 0.2) is 0 Å². The van der Waals surface area contributed by atoms with E-state index < -0.39 is 0 Å². The lowest BCUT2D eigenvalue weighted by molar-refractivity contribution is 0.102. The van der Waals surface area contributed by atoms with E-state index in [0.29, 0.717) is 25.6 Å². The zero-order chi connectivity index (χ0) is 9.73. The van der Waals surface area contributed by atoms with Crippen molar-refractivity contribution in [1.29, 1.82) is 0 Å². The summed E-state index contributed by atoms with van der Waals surface area (Å²) in [5.74, 6) is 3.22. The molecular formula is C10H18N2O. The molecule has 0 bridgehead atoms. The molecule has 74 valence electrons. The van der Waals surface area contributed by atoms with E-state index in [1.807, 2.05) is 0 Å². The van der Waals surface area contributed by atoms with E-state index in [9.17, 15) is 0 Å². The van der Waals surface area contributed by atoms with Crippen LogP contribution < -0.4 is 11.1 Å². The summed E-state index contributed by atoms with van der Waals surface area (Å²) < 4.78 is 5.19. The van der Waals surface area contributed by atoms with E-state index in [4.69, 9.17) is 16.9 Å². The van der Waals surface area contributed by atoms with Crippen LogP contribution in [0.2, 0.25) is 0 Å². The van der Waals surface area contributed by atoms with Gasteiger partial charge in [-0.1, -0.05) is 5.92 Å². The van der Waals surface area contributed by atoms with Gasteiger partial charge in [-0.15, -0.1) is 6.42 Å². The van der Waals surface area contributed by atoms with Gasteiger partial charge in [0.2, 0.25) is 0 Å². The first-order valence-electron chi connectivity index (χ1n) is 4.66. The minimum absolute atomic E-state index is 0.0822. The maximum absolute atomic E-state index is 5.76. The molecule has 0 heterocycles. The summed E-state index contributed by atoms with van der Waals surface area (Å²) in [4.78, 5) is 0. The summed E-state index contributed by atoms with van der Waals surface area (Å²) in [6.07, 6.45) is 7.68. The Morgan fingerprint density at radius 2 is 2.38 bits per heavy atom. The molecule has 3 nitrogen and oxygen atoms in total. The maximum Gasteiger partial charge on any atom is 0.0659 e. The number of methoxy groups -OCH3 is 1. The number of nitrogens with two attached hydrogens (primary N) is 1. The Hall–Kier alpha value is -0.560. The molecule has 13 heavy (non-hydrogen) atoms. The molecule has 3 N–H and O–H groups in total. The lowest BCUT2D eigenvalue weighted by Crippen LogP contribution is -2.56. The van der Waals surface area contributed by atoms with Crippen LogP contribution in [0.25, 0.3) is 0 Å². The highest BCUT2D eigenvalue weighted by atomic mass is 16.5. The highest BCUT2D eigenvalue weighted by Crippen LogP contribution is 2.39. The molecule has 0 aromatic heterocycles. The Balaban J connectivity index is 2.53. The third-order valence-corrected chi connectivity index (χ3v) is 2.67. The first kappa shape index (κ1) is 10.5. The Morgan fingerprint density at radius 3 is 2.77 bits per heavy atom. The fraction of sp³-hybridized carbons (Fsp3) is 0.800. The van der Waals surface area contributed by atoms with Gasteiger partial charge in [0.15, 0.2) is 0 Å². The maximum atomic E-state index is 5.76. The summed E-state index contributed by atoms with van der Waals surface area (Å²) in [7, 11) is 1.70. The van der Waals surface area contributed by atoms with Crippen LogP contribution in [0, 0.1) is 18.3 Å². The molecule has 1 rings (SSSR count). The summed E-state index contributed by atoms with van der Waals surface area (Å²) >= 11 is 0. The van der Waals surface area contributed by atoms with E-state index >= 15 is 0 Å². The van der Waals surface area contributed by atoms with Crippen molar-refractivity contribution in [3.8, 4) is 12.3 Å². The quantitative estimate of drug-likeness (QED) is 0.567. The minimum Gasteiger partial charge on any atom is -0.383 e. The van der Waals surface area contributed by atoms with Gasteiger partial charge in [-0.3, -0.25) is 5.32 Å². The standard InChI is InChI=1S/C10H18N2O/c1-3-6-12-10(7-11,8-13-2)9-4-5-9/h1,9,12H,4-8,11H2,2H3. The highest BCUT2D eigenvalue weighted by molar-refractivity contribution is 5.04. The Morgan fingerprint density at radius 1 is 1.69 bits per heavy atom. The molecule has 0 radical (unpaired) electrons. The molecule has 0 aromatic rings. The molecule has 1 unspecified atom stereocenters. The number of hydrogen-bond donors (Lipinski definition) is 2. The molecule has 1 aliphatic rings. The Kier molecular flexibility index (Phi) is 3.73. The van der Waals surface area contributed by atoms with Crippen molar-refractivity contribution in [2.75, 3.05) is 26.8 Å². The fourth-order valence-electron chi connectivity index (χ4n) is 1.73. The van der Waals surface area contributed by atoms with Crippen molar-refractivity contribution in [3.63, 3.8) is 0 Å². The van der Waals surface area contributed by atoms with Crippen molar-refractivity contribution >= 4 is 0 Å². The van der Waals surface area contributed by atoms with Crippen LogP contribution in [0.5, 0.6) is 0 Å². The lowest BCUT2D eigenvalue weighted by Gasteiger charge is -2.32. The molecule has 0 aromatic carbocycles. The van der Waals surface area contributed by atoms with Crippen LogP contribution in [0.4, 0.5) is 0 Å². The number of terminal acetylenes is 1. The van der Waals surface area contributed by atoms with E-state index in [0.717, 1.165) is 0 Å². The van der Waals surface area contributed by atoms with Crippen molar-refractivity contribution in [1.82, 2.24) is 5.32 Å². The Labute approximate surface area is 80.0 Å². The second-order valence-electron chi connectivity index (χ2n) is 3.63. The van der Waals surface area contributed by atoms with Crippen LogP contribution >= 0.6 is 0 Å². The molecule has 0 saturated heterocycles. The number of hydrogen-bond acceptors (Lipinski definition) is 3. The van der Waals surface area contributed by atoms with Gasteiger partial charge in [0, 0.05) is 13.7 Å². The smallest absolute Gasteiger partial charge is 0.0659 e. The van der Waals surface area contributed by atoms with Crippen LogP contribution in [-0.4, -0.2) is 32.3 Å². The first-order chi connectivity index (χ1) is 6.29. The monoisotopic (exact) mass is 182 g/mol. The van der Waals surface area contributed by atoms with Crippen molar-refractivity contribution < 1.29 is 4.74 Å². The van der Waals surface area contributed by atoms with Crippen molar-refractivity contribution in [3.05, 3.63) is 0 Å². The van der Waals surface area contributed by atoms with E-state index in [1.165, 1.54) is 12.8 Å². The molecular weight excluding hydrogens is 164 g/mol. The number of ether oxygens (including phenoxy) is 1. The normalized spacial score (nSPS) is 20.7. The minimum atomic E-state index is -0.0822. The summed E-state index contributed by atoms with van der Waals surface area (Å²) in [6.45, 7) is 1.81. The topological polar surface area (TPSA) is 47.3 Å². The van der Waals surface area contributed by atoms with Crippen LogP contribution in [0.1, 0.15) is 12.8 Å². The van der Waals surface area contributed by atoms with Gasteiger partial charge in [0.1, 0.15) is 0 Å². The molecule has 1 saturated carbocycles. The Bertz CT molecular complexity index is 196. The predicted octanol–water partition coefficient (Wildman–Crippen LogP) is -0.0369. The molecule has 0 spiro atoms. The SMILES string of the molecule is C#CCNC(CN)(COC)C1CC1. The fourth-order valence-corrected chi connectivity index (χ4v) is 1.73. The van der Waals surface area contributed by atoms with Gasteiger partial charge in [-0.2, -0.15) is 0 Å². The molecule has 1 fully saturated rings. The van der Waals surface area contributed by atoms with Gasteiger partial charge in [-0.25, -0.2) is 0 Å². The van der Waals surface area contributed by atoms with Gasteiger partial charge < -0.3 is 10.5 Å². The van der Waals surface area contributed by atoms with Crippen LogP contribution in [0.3, 0.4) is 0 Å². The molecule has 1 aliphatic carbocycles. The lowest BCUT2D eigenvalue weighted by atomic mass is 9.94. The number of nitrogens with one attached hydrogen (secondary N) is 1. The van der Waals surface area contributed by atoms with Gasteiger partial charge >= 0.3 is 0 Å². The van der Waals surface area contributed by atoms with E-state index in [-0.39, 0.29) is 5.54 Å². The summed E-state index contributed by atoms with van der Waals surface area (Å²) in [5.41, 5.74) is 5.68. The summed E-state index contributed by atoms with van der Waals surface area (Å²) in [5, 5.41) is 3.31. The second-order valence-corrected chi connectivity index (χ2v) is 3.63. The largest absolute Gasteiger partial charge is 0.383 e. The van der Waals surface area contributed by atoms with Crippen molar-refractivity contribution in [2.45, 2.75) is 18.4 Å². The number of rotatable bonds is 6. The van der Waals surface area contributed by atoms with Gasteiger partial charge in [0.25, 0.3) is 0 Å². The average molecular weight is 182 g/mol. The van der Waals surface area contributed by atoms with Crippen molar-refractivity contribution in [2.24, 2.45) is 11.7 Å². The van der Waals surface area contributed by atoms with Gasteiger partial charge in [0.05, 0.1) is 18.7 Å². The molecule has 0 aliphatic heterocycles. The zero-order valence-corrected chi connectivity index (χ0v) is 8.18. The predicted molar refractivity (Wildman–Crippen MR) is 53.2 cm³/mol. The highest BCUT2D eigenvalue weighted by Gasteiger charge is 2.43. The van der Waals surface area contributed by atoms with Crippen LogP contribution in [-0.2, 0) is 4.74 Å². The van der Waals surface area contributed by atoms with E-state index in [2.05, 4.69) is 11.2 Å². The zero-order valence-electron chi connectivity index (χ0n) is 8.18. The average Bonchev–Trinajstić information content (AvgIpc) is 2.96. The molecule has 1 atom stereocenters. The molecule has 3 heteroatoms. The first-order valence-corrected chi connectivity index (χ1v) is 4.66.